The summed E-state index contributed by atoms with van der Waals surface area (Å²) in [6, 6.07) is 6.24. The molecule has 0 aliphatic carbocycles. The normalized spacial score (nSPS) is 16.4. The molecule has 1 aromatic carbocycles. The predicted octanol–water partition coefficient (Wildman–Crippen LogP) is 1.13. The zero-order valence-corrected chi connectivity index (χ0v) is 17.6. The van der Waals surface area contributed by atoms with E-state index in [-0.39, 0.29) is 47.8 Å². The lowest BCUT2D eigenvalue weighted by Crippen LogP contribution is -2.48. The molecule has 0 unspecified atom stereocenters. The van der Waals surface area contributed by atoms with Gasteiger partial charge >= 0.3 is 0 Å². The van der Waals surface area contributed by atoms with Crippen LogP contribution < -0.4 is 15.4 Å². The fourth-order valence-electron chi connectivity index (χ4n) is 3.03. The lowest BCUT2D eigenvalue weighted by molar-refractivity contribution is -0.129. The Hall–Kier alpha value is -2.13. The SMILES string of the molecule is COc1ccc(S(=O)(=O)N2CCC(C(=O)NCC(=O)NC(C)(C)C)CC2)cc1. The maximum Gasteiger partial charge on any atom is 0.243 e. The summed E-state index contributed by atoms with van der Waals surface area (Å²) in [5.41, 5.74) is -0.358. The summed E-state index contributed by atoms with van der Waals surface area (Å²) in [7, 11) is -2.08. The van der Waals surface area contributed by atoms with Crippen molar-refractivity contribution in [3.63, 3.8) is 0 Å². The molecular weight excluding hydrogens is 382 g/mol. The summed E-state index contributed by atoms with van der Waals surface area (Å²) in [5, 5.41) is 5.42. The highest BCUT2D eigenvalue weighted by Gasteiger charge is 2.32. The molecule has 1 heterocycles. The molecule has 0 saturated carbocycles. The largest absolute Gasteiger partial charge is 0.497 e. The van der Waals surface area contributed by atoms with Gasteiger partial charge in [0, 0.05) is 24.5 Å². The van der Waals surface area contributed by atoms with E-state index in [9.17, 15) is 18.0 Å². The Kier molecular flexibility index (Phi) is 7.06. The van der Waals surface area contributed by atoms with Crippen molar-refractivity contribution in [1.82, 2.24) is 14.9 Å². The van der Waals surface area contributed by atoms with Gasteiger partial charge in [-0.2, -0.15) is 4.31 Å². The van der Waals surface area contributed by atoms with Crippen LogP contribution in [0.25, 0.3) is 0 Å². The maximum absolute atomic E-state index is 12.7. The van der Waals surface area contributed by atoms with Crippen LogP contribution in [0.3, 0.4) is 0 Å². The second-order valence-electron chi connectivity index (χ2n) is 7.87. The predicted molar refractivity (Wildman–Crippen MR) is 105 cm³/mol. The average Bonchev–Trinajstić information content (AvgIpc) is 2.65. The highest BCUT2D eigenvalue weighted by molar-refractivity contribution is 7.89. The first-order valence-corrected chi connectivity index (χ1v) is 10.7. The molecule has 156 valence electrons. The molecule has 1 fully saturated rings. The van der Waals surface area contributed by atoms with E-state index in [1.54, 1.807) is 12.1 Å². The molecule has 1 saturated heterocycles. The second kappa shape index (κ2) is 8.91. The van der Waals surface area contributed by atoms with Crippen molar-refractivity contribution in [3.05, 3.63) is 24.3 Å². The van der Waals surface area contributed by atoms with Crippen LogP contribution in [0, 0.1) is 5.92 Å². The zero-order chi connectivity index (χ0) is 20.9. The molecule has 0 atom stereocenters. The Morgan fingerprint density at radius 2 is 1.71 bits per heavy atom. The van der Waals surface area contributed by atoms with Crippen molar-refractivity contribution >= 4 is 21.8 Å². The first-order chi connectivity index (χ1) is 13.0. The molecule has 0 aromatic heterocycles. The van der Waals surface area contributed by atoms with Crippen molar-refractivity contribution in [1.29, 1.82) is 0 Å². The number of nitrogens with one attached hydrogen (secondary N) is 2. The third-order valence-electron chi connectivity index (χ3n) is 4.46. The van der Waals surface area contributed by atoms with Gasteiger partial charge in [0.25, 0.3) is 0 Å². The van der Waals surface area contributed by atoms with Crippen molar-refractivity contribution in [2.24, 2.45) is 5.92 Å². The minimum Gasteiger partial charge on any atom is -0.497 e. The van der Waals surface area contributed by atoms with Crippen molar-refractivity contribution in [2.45, 2.75) is 44.0 Å². The van der Waals surface area contributed by atoms with E-state index in [2.05, 4.69) is 10.6 Å². The van der Waals surface area contributed by atoms with Gasteiger partial charge in [-0.1, -0.05) is 0 Å². The Morgan fingerprint density at radius 1 is 1.14 bits per heavy atom. The molecule has 0 spiro atoms. The van der Waals surface area contributed by atoms with Gasteiger partial charge in [-0.15, -0.1) is 0 Å². The molecule has 2 rings (SSSR count). The summed E-state index contributed by atoms with van der Waals surface area (Å²) in [4.78, 5) is 24.3. The average molecular weight is 412 g/mol. The van der Waals surface area contributed by atoms with E-state index in [1.165, 1.54) is 23.5 Å². The lowest BCUT2D eigenvalue weighted by atomic mass is 9.97. The van der Waals surface area contributed by atoms with Crippen LogP contribution in [0.15, 0.2) is 29.2 Å². The first-order valence-electron chi connectivity index (χ1n) is 9.26. The number of carbonyl (C=O) groups is 2. The van der Waals surface area contributed by atoms with Gasteiger partial charge in [0.05, 0.1) is 18.6 Å². The monoisotopic (exact) mass is 411 g/mol. The molecule has 0 bridgehead atoms. The van der Waals surface area contributed by atoms with E-state index in [0.29, 0.717) is 18.6 Å². The van der Waals surface area contributed by atoms with E-state index >= 15 is 0 Å². The third kappa shape index (κ3) is 5.93. The van der Waals surface area contributed by atoms with Crippen LogP contribution in [0.4, 0.5) is 0 Å². The van der Waals surface area contributed by atoms with E-state index in [0.717, 1.165) is 0 Å². The number of methoxy groups -OCH3 is 1. The van der Waals surface area contributed by atoms with Gasteiger partial charge < -0.3 is 15.4 Å². The maximum atomic E-state index is 12.7. The van der Waals surface area contributed by atoms with Gasteiger partial charge in [-0.05, 0) is 57.9 Å². The summed E-state index contributed by atoms with van der Waals surface area (Å²) < 4.78 is 31.9. The minimum atomic E-state index is -3.60. The number of amides is 2. The number of piperidine rings is 1. The van der Waals surface area contributed by atoms with Gasteiger partial charge in [0.15, 0.2) is 0 Å². The van der Waals surface area contributed by atoms with Gasteiger partial charge in [0.1, 0.15) is 5.75 Å². The zero-order valence-electron chi connectivity index (χ0n) is 16.8. The number of nitrogens with zero attached hydrogens (tertiary/aromatic N) is 1. The molecule has 2 N–H and O–H groups in total. The molecule has 8 nitrogen and oxygen atoms in total. The van der Waals surface area contributed by atoms with E-state index < -0.39 is 10.0 Å². The molecule has 1 aliphatic heterocycles. The molecule has 1 aromatic rings. The Bertz CT molecular complexity index is 792. The molecule has 2 amide bonds. The highest BCUT2D eigenvalue weighted by atomic mass is 32.2. The quantitative estimate of drug-likeness (QED) is 0.730. The van der Waals surface area contributed by atoms with Gasteiger partial charge in [-0.25, -0.2) is 8.42 Å². The number of hydrogen-bond acceptors (Lipinski definition) is 5. The number of carbonyl (C=O) groups excluding carboxylic acids is 2. The van der Waals surface area contributed by atoms with E-state index in [4.69, 9.17) is 4.74 Å². The van der Waals surface area contributed by atoms with E-state index in [1.807, 2.05) is 20.8 Å². The van der Waals surface area contributed by atoms with Crippen LogP contribution in [-0.2, 0) is 19.6 Å². The van der Waals surface area contributed by atoms with Crippen LogP contribution in [-0.4, -0.2) is 56.8 Å². The van der Waals surface area contributed by atoms with Crippen molar-refractivity contribution in [3.8, 4) is 5.75 Å². The third-order valence-corrected chi connectivity index (χ3v) is 6.37. The highest BCUT2D eigenvalue weighted by Crippen LogP contribution is 2.25. The fourth-order valence-corrected chi connectivity index (χ4v) is 4.50. The second-order valence-corrected chi connectivity index (χ2v) is 9.81. The molecule has 28 heavy (non-hydrogen) atoms. The Balaban J connectivity index is 1.87. The number of hydrogen-bond donors (Lipinski definition) is 2. The minimum absolute atomic E-state index is 0.0829. The van der Waals surface area contributed by atoms with Crippen LogP contribution in [0.1, 0.15) is 33.6 Å². The Labute approximate surface area is 166 Å². The summed E-state index contributed by atoms with van der Waals surface area (Å²) in [5.74, 6) is -0.180. The topological polar surface area (TPSA) is 105 Å². The van der Waals surface area contributed by atoms with Gasteiger partial charge in [0.2, 0.25) is 21.8 Å². The summed E-state index contributed by atoms with van der Waals surface area (Å²) in [6.45, 7) is 6.05. The number of ether oxygens (including phenoxy) is 1. The first kappa shape index (κ1) is 22.2. The van der Waals surface area contributed by atoms with Crippen molar-refractivity contribution < 1.29 is 22.7 Å². The number of sulfonamides is 1. The Morgan fingerprint density at radius 3 is 2.21 bits per heavy atom. The summed E-state index contributed by atoms with van der Waals surface area (Å²) in [6.07, 6.45) is 0.838. The summed E-state index contributed by atoms with van der Waals surface area (Å²) >= 11 is 0. The van der Waals surface area contributed by atoms with Crippen LogP contribution in [0.5, 0.6) is 5.75 Å². The lowest BCUT2D eigenvalue weighted by Gasteiger charge is -2.30. The van der Waals surface area contributed by atoms with Crippen LogP contribution >= 0.6 is 0 Å². The van der Waals surface area contributed by atoms with Crippen molar-refractivity contribution in [2.75, 3.05) is 26.7 Å². The van der Waals surface area contributed by atoms with Gasteiger partial charge in [-0.3, -0.25) is 9.59 Å². The molecule has 0 radical (unpaired) electrons. The standard InChI is InChI=1S/C19H29N3O5S/c1-19(2,3)21-17(23)13-20-18(24)14-9-11-22(12-10-14)28(25,26)16-7-5-15(27-4)6-8-16/h5-8,14H,9-13H2,1-4H3,(H,20,24)(H,21,23). The van der Waals surface area contributed by atoms with Crippen LogP contribution in [0.2, 0.25) is 0 Å². The number of benzene rings is 1. The molecule has 1 aliphatic rings. The fraction of sp³-hybridized carbons (Fsp3) is 0.579. The molecule has 9 heteroatoms. The number of rotatable bonds is 6. The smallest absolute Gasteiger partial charge is 0.243 e. The molecular formula is C19H29N3O5S.